The Bertz CT molecular complexity index is 1280. The van der Waals surface area contributed by atoms with E-state index in [1.165, 1.54) is 12.5 Å². The molecule has 10 heteroatoms. The number of hydrogen-bond acceptors (Lipinski definition) is 8. The number of amides is 1. The van der Waals surface area contributed by atoms with Gasteiger partial charge in [0.25, 0.3) is 0 Å². The molecule has 0 unspecified atom stereocenters. The third-order valence-corrected chi connectivity index (χ3v) is 8.79. The number of rotatable bonds is 9. The van der Waals surface area contributed by atoms with Crippen molar-refractivity contribution in [1.82, 2.24) is 20.4 Å². The van der Waals surface area contributed by atoms with Gasteiger partial charge in [0.15, 0.2) is 5.82 Å². The van der Waals surface area contributed by atoms with Gasteiger partial charge in [0.05, 0.1) is 37.5 Å². The van der Waals surface area contributed by atoms with E-state index in [-0.39, 0.29) is 24.1 Å². The molecule has 40 heavy (non-hydrogen) atoms. The molecular weight excluding hydrogens is 511 g/mol. The molecule has 3 aliphatic heterocycles. The lowest BCUT2D eigenvalue weighted by Gasteiger charge is -2.31. The van der Waals surface area contributed by atoms with E-state index in [2.05, 4.69) is 39.2 Å². The largest absolute Gasteiger partial charge is 0.493 e. The molecule has 0 bridgehead atoms. The molecule has 2 fully saturated rings. The van der Waals surface area contributed by atoms with Crippen molar-refractivity contribution in [2.45, 2.75) is 58.3 Å². The van der Waals surface area contributed by atoms with Crippen LogP contribution in [-0.4, -0.2) is 66.5 Å². The van der Waals surface area contributed by atoms with Crippen molar-refractivity contribution >= 4 is 18.1 Å². The highest BCUT2D eigenvalue weighted by Crippen LogP contribution is 2.50. The first-order valence-electron chi connectivity index (χ1n) is 14.7. The van der Waals surface area contributed by atoms with Crippen molar-refractivity contribution in [3.63, 3.8) is 0 Å². The van der Waals surface area contributed by atoms with Gasteiger partial charge in [0.2, 0.25) is 5.91 Å². The van der Waals surface area contributed by atoms with Crippen LogP contribution >= 0.6 is 0 Å². The number of anilines is 1. The van der Waals surface area contributed by atoms with Gasteiger partial charge in [-0.1, -0.05) is 25.1 Å². The summed E-state index contributed by atoms with van der Waals surface area (Å²) in [5.41, 5.74) is 2.42. The lowest BCUT2D eigenvalue weighted by molar-refractivity contribution is -0.130. The van der Waals surface area contributed by atoms with Gasteiger partial charge in [-0.05, 0) is 55.1 Å². The van der Waals surface area contributed by atoms with Gasteiger partial charge in [-0.25, -0.2) is 4.39 Å². The number of benzene rings is 1. The van der Waals surface area contributed by atoms with Gasteiger partial charge in [0, 0.05) is 44.3 Å². The lowest BCUT2D eigenvalue weighted by Crippen LogP contribution is -2.42. The molecule has 0 radical (unpaired) electrons. The Hall–Kier alpha value is -3.43. The van der Waals surface area contributed by atoms with Crippen LogP contribution in [-0.2, 0) is 11.2 Å². The minimum atomic E-state index is -0.388. The number of halogens is 1. The van der Waals surface area contributed by atoms with Crippen LogP contribution in [0.4, 0.5) is 10.4 Å². The third-order valence-electron chi connectivity index (χ3n) is 8.79. The van der Waals surface area contributed by atoms with Crippen LogP contribution in [0.5, 0.6) is 5.75 Å². The van der Waals surface area contributed by atoms with Crippen LogP contribution in [0.25, 0.3) is 0 Å². The number of nitrogens with zero attached hydrogens (tertiary/aromatic N) is 5. The van der Waals surface area contributed by atoms with E-state index in [0.29, 0.717) is 49.5 Å². The van der Waals surface area contributed by atoms with Gasteiger partial charge < -0.3 is 24.4 Å². The highest BCUT2D eigenvalue weighted by molar-refractivity contribution is 5.79. The summed E-state index contributed by atoms with van der Waals surface area (Å²) in [5.74, 6) is 3.26. The Balaban J connectivity index is 0.915. The number of carbonyl (C=O) groups excluding carboxylic acids is 1. The number of aliphatic imine (C=N–C) groups is 1. The Morgan fingerprint density at radius 2 is 2.10 bits per heavy atom. The van der Waals surface area contributed by atoms with E-state index in [1.54, 1.807) is 17.0 Å². The van der Waals surface area contributed by atoms with Crippen LogP contribution < -0.4 is 15.0 Å². The maximum absolute atomic E-state index is 14.8. The van der Waals surface area contributed by atoms with E-state index in [9.17, 15) is 9.18 Å². The Morgan fingerprint density at radius 3 is 2.88 bits per heavy atom. The van der Waals surface area contributed by atoms with E-state index in [4.69, 9.17) is 9.26 Å². The summed E-state index contributed by atoms with van der Waals surface area (Å²) in [6.07, 6.45) is 7.15. The summed E-state index contributed by atoms with van der Waals surface area (Å²) >= 11 is 0. The lowest BCUT2D eigenvalue weighted by atomic mass is 9.90. The summed E-state index contributed by atoms with van der Waals surface area (Å²) < 4.78 is 26.2. The molecule has 1 amide bonds. The summed E-state index contributed by atoms with van der Waals surface area (Å²) in [6, 6.07) is 5.53. The number of carbonyl (C=O) groups is 1. The molecule has 4 heterocycles. The van der Waals surface area contributed by atoms with Crippen molar-refractivity contribution in [1.29, 1.82) is 0 Å². The predicted octanol–water partition coefficient (Wildman–Crippen LogP) is 4.31. The van der Waals surface area contributed by atoms with Crippen LogP contribution in [0.15, 0.2) is 39.1 Å². The van der Waals surface area contributed by atoms with Crippen molar-refractivity contribution in [2.75, 3.05) is 44.2 Å². The first-order chi connectivity index (χ1) is 19.4. The predicted molar refractivity (Wildman–Crippen MR) is 150 cm³/mol. The van der Waals surface area contributed by atoms with Crippen LogP contribution in [0.2, 0.25) is 0 Å². The SMILES string of the molecule is CC(C)c1noc(N2CCC([C@H]3C[C@H]3CCOc3ccc(CC(=O)N4CCC5=C(C4)NCC=N5)c(F)c3)CC2)n1. The fraction of sp³-hybridized carbons (Fsp3) is 0.600. The molecule has 4 aliphatic rings. The zero-order chi connectivity index (χ0) is 27.6. The Kier molecular flexibility index (Phi) is 7.76. The zero-order valence-corrected chi connectivity index (χ0v) is 23.4. The second kappa shape index (κ2) is 11.6. The highest BCUT2D eigenvalue weighted by Gasteiger charge is 2.43. The number of piperidine rings is 1. The summed E-state index contributed by atoms with van der Waals surface area (Å²) in [6.45, 7) is 8.44. The molecule has 0 spiro atoms. The van der Waals surface area contributed by atoms with Crippen LogP contribution in [0.3, 0.4) is 0 Å². The molecule has 1 saturated heterocycles. The number of ether oxygens (including phenoxy) is 1. The minimum absolute atomic E-state index is 0.0476. The normalized spacial score (nSPS) is 22.9. The molecular formula is C30H39FN6O3. The molecule has 1 aromatic carbocycles. The average Bonchev–Trinajstić information content (AvgIpc) is 3.56. The van der Waals surface area contributed by atoms with E-state index in [1.807, 2.05) is 6.21 Å². The zero-order valence-electron chi connectivity index (χ0n) is 23.4. The van der Waals surface area contributed by atoms with E-state index >= 15 is 0 Å². The smallest absolute Gasteiger partial charge is 0.324 e. The molecule has 9 nitrogen and oxygen atoms in total. The van der Waals surface area contributed by atoms with Crippen LogP contribution in [0, 0.1) is 23.6 Å². The van der Waals surface area contributed by atoms with Crippen LogP contribution in [0.1, 0.15) is 63.3 Å². The van der Waals surface area contributed by atoms with E-state index in [0.717, 1.165) is 67.8 Å². The van der Waals surface area contributed by atoms with Crippen molar-refractivity contribution in [3.05, 3.63) is 46.8 Å². The number of aromatic nitrogens is 2. The minimum Gasteiger partial charge on any atom is -0.493 e. The van der Waals surface area contributed by atoms with Crippen molar-refractivity contribution < 1.29 is 18.4 Å². The maximum Gasteiger partial charge on any atom is 0.324 e. The fourth-order valence-electron chi connectivity index (χ4n) is 6.24. The van der Waals surface area contributed by atoms with Gasteiger partial charge in [0.1, 0.15) is 11.6 Å². The summed E-state index contributed by atoms with van der Waals surface area (Å²) in [5, 5.41) is 7.38. The Labute approximate surface area is 234 Å². The second-order valence-electron chi connectivity index (χ2n) is 11.8. The molecule has 1 saturated carbocycles. The third kappa shape index (κ3) is 6.00. The topological polar surface area (TPSA) is 96.1 Å². The molecule has 1 aromatic heterocycles. The molecule has 1 N–H and O–H groups in total. The highest BCUT2D eigenvalue weighted by atomic mass is 19.1. The molecule has 2 atom stereocenters. The Morgan fingerprint density at radius 1 is 1.25 bits per heavy atom. The number of hydrogen-bond donors (Lipinski definition) is 1. The monoisotopic (exact) mass is 550 g/mol. The molecule has 1 aliphatic carbocycles. The fourth-order valence-corrected chi connectivity index (χ4v) is 6.24. The van der Waals surface area contributed by atoms with Gasteiger partial charge in [-0.2, -0.15) is 4.98 Å². The maximum atomic E-state index is 14.8. The van der Waals surface area contributed by atoms with Gasteiger partial charge in [-0.3, -0.25) is 9.79 Å². The van der Waals surface area contributed by atoms with E-state index < -0.39 is 0 Å². The standard InChI is InChI=1S/C30H39FN6O3/c1-19(2)29-34-30(40-35-29)36-11-5-20(6-12-36)24-15-21(24)8-14-39-23-4-3-22(25(31)17-23)16-28(38)37-13-7-26-27(18-37)33-10-9-32-26/h3-4,9,17,19-21,24,33H,5-8,10-16,18H2,1-2H3/t21-,24-/m1/s1. The molecule has 2 aromatic rings. The van der Waals surface area contributed by atoms with Crippen molar-refractivity contribution in [3.8, 4) is 5.75 Å². The quantitative estimate of drug-likeness (QED) is 0.497. The second-order valence-corrected chi connectivity index (χ2v) is 11.8. The number of nitrogens with one attached hydrogen (secondary N) is 1. The van der Waals surface area contributed by atoms with Gasteiger partial charge >= 0.3 is 6.01 Å². The van der Waals surface area contributed by atoms with Gasteiger partial charge in [-0.15, -0.1) is 0 Å². The average molecular weight is 551 g/mol. The molecule has 6 rings (SSSR count). The first-order valence-corrected chi connectivity index (χ1v) is 14.7. The molecule has 214 valence electrons. The summed E-state index contributed by atoms with van der Waals surface area (Å²) in [4.78, 5) is 25.8. The summed E-state index contributed by atoms with van der Waals surface area (Å²) in [7, 11) is 0. The van der Waals surface area contributed by atoms with Crippen molar-refractivity contribution in [2.24, 2.45) is 22.7 Å². The first kappa shape index (κ1) is 26.8.